The second kappa shape index (κ2) is 4.68. The first-order valence-electron chi connectivity index (χ1n) is 5.87. The van der Waals surface area contributed by atoms with Crippen LogP contribution in [0.4, 0.5) is 5.69 Å². The van der Waals surface area contributed by atoms with Crippen LogP contribution in [-0.2, 0) is 4.79 Å². The van der Waals surface area contributed by atoms with E-state index in [-0.39, 0.29) is 5.92 Å². The maximum Gasteiger partial charge on any atom is 0.308 e. The van der Waals surface area contributed by atoms with Crippen LogP contribution >= 0.6 is 0 Å². The lowest BCUT2D eigenvalue weighted by Gasteiger charge is -2.19. The van der Waals surface area contributed by atoms with Crippen LogP contribution in [0.1, 0.15) is 22.3 Å². The molecular formula is C13H16N2O3. The zero-order valence-corrected chi connectivity index (χ0v) is 10.2. The van der Waals surface area contributed by atoms with Gasteiger partial charge in [0.25, 0.3) is 0 Å². The average molecular weight is 248 g/mol. The van der Waals surface area contributed by atoms with Gasteiger partial charge in [0.1, 0.15) is 0 Å². The van der Waals surface area contributed by atoms with E-state index < -0.39 is 11.9 Å². The number of nitrogens with two attached hydrogens (primary N) is 1. The number of aryl methyl sites for hydroxylation is 1. The van der Waals surface area contributed by atoms with Gasteiger partial charge < -0.3 is 15.7 Å². The summed E-state index contributed by atoms with van der Waals surface area (Å²) in [7, 11) is 0. The Bertz CT molecular complexity index is 499. The van der Waals surface area contributed by atoms with E-state index in [0.29, 0.717) is 18.5 Å². The maximum absolute atomic E-state index is 11.1. The lowest BCUT2D eigenvalue weighted by molar-refractivity contribution is -0.140. The Hall–Kier alpha value is -2.04. The van der Waals surface area contributed by atoms with Crippen LogP contribution in [0, 0.1) is 12.8 Å². The molecule has 1 aromatic carbocycles. The lowest BCUT2D eigenvalue weighted by Crippen LogP contribution is -2.23. The topological polar surface area (TPSA) is 83.6 Å². The minimum atomic E-state index is -0.747. The van der Waals surface area contributed by atoms with Crippen molar-refractivity contribution in [2.75, 3.05) is 18.0 Å². The number of nitrogens with zero attached hydrogens (tertiary/aromatic N) is 1. The lowest BCUT2D eigenvalue weighted by atomic mass is 10.1. The van der Waals surface area contributed by atoms with Crippen molar-refractivity contribution in [3.8, 4) is 0 Å². The number of carboxylic acids is 1. The molecule has 1 atom stereocenters. The van der Waals surface area contributed by atoms with Crippen LogP contribution in [0.3, 0.4) is 0 Å². The minimum Gasteiger partial charge on any atom is -0.481 e. The Morgan fingerprint density at radius 3 is 2.67 bits per heavy atom. The van der Waals surface area contributed by atoms with E-state index in [9.17, 15) is 9.59 Å². The summed E-state index contributed by atoms with van der Waals surface area (Å²) < 4.78 is 0. The molecule has 0 bridgehead atoms. The summed E-state index contributed by atoms with van der Waals surface area (Å²) in [6, 6.07) is 5.39. The molecule has 1 amide bonds. The number of carboxylic acid groups (broad SMARTS) is 1. The van der Waals surface area contributed by atoms with Gasteiger partial charge in [-0.1, -0.05) is 0 Å². The number of benzene rings is 1. The summed E-state index contributed by atoms with van der Waals surface area (Å²) in [6.07, 6.45) is 0.659. The van der Waals surface area contributed by atoms with Gasteiger partial charge in [0.2, 0.25) is 5.91 Å². The molecule has 0 radical (unpaired) electrons. The molecule has 5 nitrogen and oxygen atoms in total. The highest BCUT2D eigenvalue weighted by atomic mass is 16.4. The standard InChI is InChI=1S/C13H16N2O3/c1-8-6-10(2-3-11(8)12(14)16)15-5-4-9(7-15)13(17)18/h2-3,6,9H,4-5,7H2,1H3,(H2,14,16)(H,17,18). The monoisotopic (exact) mass is 248 g/mol. The highest BCUT2D eigenvalue weighted by Gasteiger charge is 2.28. The van der Waals surface area contributed by atoms with Crippen LogP contribution < -0.4 is 10.6 Å². The Labute approximate surface area is 105 Å². The van der Waals surface area contributed by atoms with E-state index in [1.54, 1.807) is 6.07 Å². The maximum atomic E-state index is 11.1. The largest absolute Gasteiger partial charge is 0.481 e. The van der Waals surface area contributed by atoms with Crippen LogP contribution in [-0.4, -0.2) is 30.1 Å². The van der Waals surface area contributed by atoms with Gasteiger partial charge in [-0.2, -0.15) is 0 Å². The smallest absolute Gasteiger partial charge is 0.308 e. The first-order valence-corrected chi connectivity index (χ1v) is 5.87. The number of hydrogen-bond acceptors (Lipinski definition) is 3. The molecular weight excluding hydrogens is 232 g/mol. The molecule has 1 aliphatic heterocycles. The number of hydrogen-bond donors (Lipinski definition) is 2. The predicted molar refractivity (Wildman–Crippen MR) is 67.7 cm³/mol. The summed E-state index contributed by atoms with van der Waals surface area (Å²) in [5.74, 6) is -1.49. The molecule has 0 saturated carbocycles. The van der Waals surface area contributed by atoms with Crippen LogP contribution in [0.5, 0.6) is 0 Å². The van der Waals surface area contributed by atoms with Crippen molar-refractivity contribution in [3.63, 3.8) is 0 Å². The molecule has 0 spiro atoms. The van der Waals surface area contributed by atoms with Crippen molar-refractivity contribution >= 4 is 17.6 Å². The first kappa shape index (κ1) is 12.4. The van der Waals surface area contributed by atoms with E-state index in [1.165, 1.54) is 0 Å². The number of primary amides is 1. The Morgan fingerprint density at radius 2 is 2.17 bits per heavy atom. The summed E-state index contributed by atoms with van der Waals surface area (Å²) in [6.45, 7) is 3.07. The fraction of sp³-hybridized carbons (Fsp3) is 0.385. The van der Waals surface area contributed by atoms with Crippen LogP contribution in [0.2, 0.25) is 0 Å². The summed E-state index contributed by atoms with van der Waals surface area (Å²) in [4.78, 5) is 24.1. The number of rotatable bonds is 3. The van der Waals surface area contributed by atoms with Crippen molar-refractivity contribution in [2.24, 2.45) is 11.7 Å². The van der Waals surface area contributed by atoms with E-state index in [1.807, 2.05) is 24.0 Å². The molecule has 1 heterocycles. The fourth-order valence-electron chi connectivity index (χ4n) is 2.32. The molecule has 1 unspecified atom stereocenters. The van der Waals surface area contributed by atoms with Crippen molar-refractivity contribution < 1.29 is 14.7 Å². The molecule has 96 valence electrons. The van der Waals surface area contributed by atoms with Gasteiger partial charge in [-0.15, -0.1) is 0 Å². The van der Waals surface area contributed by atoms with Gasteiger partial charge in [0.05, 0.1) is 5.92 Å². The summed E-state index contributed by atoms with van der Waals surface area (Å²) in [5, 5.41) is 8.96. The summed E-state index contributed by atoms with van der Waals surface area (Å²) in [5.41, 5.74) is 7.52. The highest BCUT2D eigenvalue weighted by molar-refractivity contribution is 5.94. The molecule has 0 aliphatic carbocycles. The van der Waals surface area contributed by atoms with Crippen LogP contribution in [0.25, 0.3) is 0 Å². The first-order chi connectivity index (χ1) is 8.49. The predicted octanol–water partition coefficient (Wildman–Crippen LogP) is 1.00. The molecule has 1 saturated heterocycles. The van der Waals surface area contributed by atoms with Crippen molar-refractivity contribution in [1.29, 1.82) is 0 Å². The van der Waals surface area contributed by atoms with Gasteiger partial charge >= 0.3 is 5.97 Å². The van der Waals surface area contributed by atoms with Gasteiger partial charge in [0.15, 0.2) is 0 Å². The van der Waals surface area contributed by atoms with Gasteiger partial charge in [0, 0.05) is 24.3 Å². The fourth-order valence-corrected chi connectivity index (χ4v) is 2.32. The van der Waals surface area contributed by atoms with Gasteiger partial charge in [-0.25, -0.2) is 0 Å². The van der Waals surface area contributed by atoms with Gasteiger partial charge in [-0.3, -0.25) is 9.59 Å². The van der Waals surface area contributed by atoms with Crippen molar-refractivity contribution in [3.05, 3.63) is 29.3 Å². The molecule has 0 aromatic heterocycles. The Kier molecular flexibility index (Phi) is 3.23. The third kappa shape index (κ3) is 2.30. The second-order valence-corrected chi connectivity index (χ2v) is 4.63. The molecule has 1 aromatic rings. The molecule has 3 N–H and O–H groups in total. The van der Waals surface area contributed by atoms with Gasteiger partial charge in [-0.05, 0) is 37.1 Å². The van der Waals surface area contributed by atoms with Crippen molar-refractivity contribution in [1.82, 2.24) is 0 Å². The third-order valence-electron chi connectivity index (χ3n) is 3.38. The van der Waals surface area contributed by atoms with E-state index in [0.717, 1.165) is 17.8 Å². The zero-order valence-electron chi connectivity index (χ0n) is 10.2. The highest BCUT2D eigenvalue weighted by Crippen LogP contribution is 2.25. The second-order valence-electron chi connectivity index (χ2n) is 4.63. The molecule has 2 rings (SSSR count). The van der Waals surface area contributed by atoms with E-state index in [4.69, 9.17) is 10.8 Å². The number of aliphatic carboxylic acids is 1. The number of carbonyl (C=O) groups is 2. The molecule has 5 heteroatoms. The number of anilines is 1. The quantitative estimate of drug-likeness (QED) is 0.836. The normalized spacial score (nSPS) is 18.9. The number of carbonyl (C=O) groups excluding carboxylic acids is 1. The van der Waals surface area contributed by atoms with E-state index in [2.05, 4.69) is 0 Å². The Morgan fingerprint density at radius 1 is 1.44 bits per heavy atom. The number of amides is 1. The average Bonchev–Trinajstić information content (AvgIpc) is 2.77. The SMILES string of the molecule is Cc1cc(N2CCC(C(=O)O)C2)ccc1C(N)=O. The zero-order chi connectivity index (χ0) is 13.3. The molecule has 18 heavy (non-hydrogen) atoms. The Balaban J connectivity index is 2.18. The third-order valence-corrected chi connectivity index (χ3v) is 3.38. The molecule has 1 fully saturated rings. The summed E-state index contributed by atoms with van der Waals surface area (Å²) >= 11 is 0. The van der Waals surface area contributed by atoms with Crippen LogP contribution in [0.15, 0.2) is 18.2 Å². The van der Waals surface area contributed by atoms with E-state index >= 15 is 0 Å². The molecule has 1 aliphatic rings. The van der Waals surface area contributed by atoms with Crippen molar-refractivity contribution in [2.45, 2.75) is 13.3 Å². The minimum absolute atomic E-state index is 0.305.